The maximum Gasteiger partial charge on any atom is 0.428 e. The number of alkyl halides is 3. The van der Waals surface area contributed by atoms with Crippen molar-refractivity contribution in [3.05, 3.63) is 34.9 Å². The van der Waals surface area contributed by atoms with E-state index in [0.29, 0.717) is 0 Å². The molecule has 1 aromatic rings. The zero-order chi connectivity index (χ0) is 16.5. The minimum Gasteiger partial charge on any atom is -0.442 e. The fourth-order valence-corrected chi connectivity index (χ4v) is 1.87. The Kier molecular flexibility index (Phi) is 4.04. The smallest absolute Gasteiger partial charge is 0.428 e. The fraction of sp³-hybridized carbons (Fsp3) is 0.250. The number of primary amides is 1. The van der Waals surface area contributed by atoms with Gasteiger partial charge in [0.25, 0.3) is 0 Å². The Morgan fingerprint density at radius 3 is 2.59 bits per heavy atom. The standard InChI is InChI=1S/C12H11F3N4O3/c13-12(14,15)7-3-5(8-4-22-11(21)19-18-8)1-2-6(7)9(16)10(17)20/h1-3,9H,4,16H2,(H2,17,20)(H,19,21). The molecule has 2 amide bonds. The van der Waals surface area contributed by atoms with Crippen LogP contribution in [0.25, 0.3) is 0 Å². The Bertz CT molecular complexity index is 658. The topological polar surface area (TPSA) is 120 Å². The van der Waals surface area contributed by atoms with Gasteiger partial charge in [0.1, 0.15) is 18.4 Å². The van der Waals surface area contributed by atoms with Crippen molar-refractivity contribution in [1.29, 1.82) is 0 Å². The predicted octanol–water partition coefficient (Wildman–Crippen LogP) is 0.634. The van der Waals surface area contributed by atoms with Crippen LogP contribution in [0.5, 0.6) is 0 Å². The summed E-state index contributed by atoms with van der Waals surface area (Å²) in [5, 5.41) is 3.62. The molecule has 1 unspecified atom stereocenters. The van der Waals surface area contributed by atoms with E-state index in [1.54, 1.807) is 0 Å². The summed E-state index contributed by atoms with van der Waals surface area (Å²) >= 11 is 0. The van der Waals surface area contributed by atoms with Gasteiger partial charge in [-0.15, -0.1) is 0 Å². The quantitative estimate of drug-likeness (QED) is 0.757. The second kappa shape index (κ2) is 5.64. The van der Waals surface area contributed by atoms with Crippen molar-refractivity contribution < 1.29 is 27.5 Å². The third-order valence-corrected chi connectivity index (χ3v) is 2.96. The second-order valence-electron chi connectivity index (χ2n) is 4.43. The van der Waals surface area contributed by atoms with Crippen molar-refractivity contribution >= 4 is 17.7 Å². The van der Waals surface area contributed by atoms with Crippen molar-refractivity contribution in [2.75, 3.05) is 6.61 Å². The Balaban J connectivity index is 2.49. The number of ether oxygens (including phenoxy) is 1. The molecule has 10 heteroatoms. The molecule has 0 aromatic heterocycles. The molecule has 0 aliphatic carbocycles. The summed E-state index contributed by atoms with van der Waals surface area (Å²) in [5.41, 5.74) is 11.0. The summed E-state index contributed by atoms with van der Waals surface area (Å²) in [6.45, 7) is -0.273. The average molecular weight is 316 g/mol. The van der Waals surface area contributed by atoms with E-state index in [1.165, 1.54) is 6.07 Å². The van der Waals surface area contributed by atoms with Crippen LogP contribution in [0.2, 0.25) is 0 Å². The van der Waals surface area contributed by atoms with E-state index in [4.69, 9.17) is 11.5 Å². The van der Waals surface area contributed by atoms with Crippen LogP contribution in [0.3, 0.4) is 0 Å². The molecule has 0 saturated carbocycles. The summed E-state index contributed by atoms with van der Waals surface area (Å²) in [5.74, 6) is -1.08. The average Bonchev–Trinajstić information content (AvgIpc) is 2.45. The number of halogens is 3. The number of nitrogens with one attached hydrogen (secondary N) is 1. The molecule has 1 aromatic carbocycles. The normalized spacial score (nSPS) is 16.4. The highest BCUT2D eigenvalue weighted by Crippen LogP contribution is 2.35. The van der Waals surface area contributed by atoms with Gasteiger partial charge in [-0.25, -0.2) is 10.2 Å². The van der Waals surface area contributed by atoms with E-state index in [-0.39, 0.29) is 17.9 Å². The molecule has 1 aliphatic heterocycles. The van der Waals surface area contributed by atoms with Crippen LogP contribution < -0.4 is 16.9 Å². The van der Waals surface area contributed by atoms with Crippen LogP contribution in [0.15, 0.2) is 23.3 Å². The third kappa shape index (κ3) is 3.17. The number of hydrogen-bond acceptors (Lipinski definition) is 5. The first-order valence-corrected chi connectivity index (χ1v) is 5.96. The molecule has 0 bridgehead atoms. The lowest BCUT2D eigenvalue weighted by Crippen LogP contribution is -2.32. The second-order valence-corrected chi connectivity index (χ2v) is 4.43. The Labute approximate surface area is 122 Å². The van der Waals surface area contributed by atoms with Crippen LogP contribution in [0.1, 0.15) is 22.7 Å². The molecule has 0 spiro atoms. The molecule has 7 nitrogen and oxygen atoms in total. The molecule has 5 N–H and O–H groups in total. The molecular formula is C12H11F3N4O3. The van der Waals surface area contributed by atoms with Gasteiger partial charge in [-0.05, 0) is 11.6 Å². The number of carbonyl (C=O) groups excluding carboxylic acids is 2. The molecular weight excluding hydrogens is 305 g/mol. The predicted molar refractivity (Wildman–Crippen MR) is 68.6 cm³/mol. The van der Waals surface area contributed by atoms with Gasteiger partial charge < -0.3 is 16.2 Å². The number of nitrogens with zero attached hydrogens (tertiary/aromatic N) is 1. The molecule has 0 radical (unpaired) electrons. The van der Waals surface area contributed by atoms with Crippen LogP contribution in [-0.2, 0) is 15.7 Å². The lowest BCUT2D eigenvalue weighted by atomic mass is 9.96. The highest BCUT2D eigenvalue weighted by Gasteiger charge is 2.36. The maximum absolute atomic E-state index is 13.1. The molecule has 0 fully saturated rings. The Morgan fingerprint density at radius 2 is 2.09 bits per heavy atom. The summed E-state index contributed by atoms with van der Waals surface area (Å²) in [4.78, 5) is 21.8. The summed E-state index contributed by atoms with van der Waals surface area (Å²) in [7, 11) is 0. The van der Waals surface area contributed by atoms with Gasteiger partial charge in [-0.1, -0.05) is 12.1 Å². The minimum atomic E-state index is -4.74. The van der Waals surface area contributed by atoms with Crippen LogP contribution in [0.4, 0.5) is 18.0 Å². The number of carbonyl (C=O) groups is 2. The first-order chi connectivity index (χ1) is 10.2. The zero-order valence-corrected chi connectivity index (χ0v) is 11.0. The zero-order valence-electron chi connectivity index (χ0n) is 11.0. The molecule has 2 rings (SSSR count). The van der Waals surface area contributed by atoms with E-state index in [2.05, 4.69) is 9.84 Å². The summed E-state index contributed by atoms with van der Waals surface area (Å²) in [6, 6.07) is 1.52. The molecule has 1 aliphatic rings. The van der Waals surface area contributed by atoms with Gasteiger partial charge in [0.15, 0.2) is 0 Å². The summed E-state index contributed by atoms with van der Waals surface area (Å²) < 4.78 is 44.0. The highest BCUT2D eigenvalue weighted by molar-refractivity contribution is 6.04. The number of hydrazone groups is 1. The molecule has 1 atom stereocenters. The van der Waals surface area contributed by atoms with Crippen molar-refractivity contribution in [2.45, 2.75) is 12.2 Å². The van der Waals surface area contributed by atoms with Crippen molar-refractivity contribution in [3.8, 4) is 0 Å². The van der Waals surface area contributed by atoms with E-state index in [1.807, 2.05) is 5.43 Å². The first-order valence-electron chi connectivity index (χ1n) is 5.96. The highest BCUT2D eigenvalue weighted by atomic mass is 19.4. The van der Waals surface area contributed by atoms with Gasteiger partial charge in [0.05, 0.1) is 5.56 Å². The van der Waals surface area contributed by atoms with E-state index in [9.17, 15) is 22.8 Å². The van der Waals surface area contributed by atoms with Crippen LogP contribution >= 0.6 is 0 Å². The van der Waals surface area contributed by atoms with E-state index >= 15 is 0 Å². The summed E-state index contributed by atoms with van der Waals surface area (Å²) in [6.07, 6.45) is -5.54. The Hall–Kier alpha value is -2.62. The monoisotopic (exact) mass is 316 g/mol. The molecule has 1 heterocycles. The third-order valence-electron chi connectivity index (χ3n) is 2.96. The number of benzene rings is 1. The Morgan fingerprint density at radius 1 is 1.41 bits per heavy atom. The number of amides is 2. The van der Waals surface area contributed by atoms with Gasteiger partial charge >= 0.3 is 12.3 Å². The van der Waals surface area contributed by atoms with E-state index in [0.717, 1.165) is 12.1 Å². The number of nitrogens with two attached hydrogens (primary N) is 2. The minimum absolute atomic E-state index is 0.0766. The van der Waals surface area contributed by atoms with Crippen LogP contribution in [0, 0.1) is 0 Å². The largest absolute Gasteiger partial charge is 0.442 e. The molecule has 0 saturated heterocycles. The van der Waals surface area contributed by atoms with Crippen LogP contribution in [-0.4, -0.2) is 24.3 Å². The van der Waals surface area contributed by atoms with Crippen molar-refractivity contribution in [3.63, 3.8) is 0 Å². The fourth-order valence-electron chi connectivity index (χ4n) is 1.87. The van der Waals surface area contributed by atoms with Crippen molar-refractivity contribution in [2.24, 2.45) is 16.6 Å². The number of rotatable bonds is 3. The number of hydrogen-bond donors (Lipinski definition) is 3. The maximum atomic E-state index is 13.1. The lowest BCUT2D eigenvalue weighted by Gasteiger charge is -2.19. The van der Waals surface area contributed by atoms with Crippen molar-refractivity contribution in [1.82, 2.24) is 5.43 Å². The van der Waals surface area contributed by atoms with E-state index < -0.39 is 35.3 Å². The van der Waals surface area contributed by atoms with Gasteiger partial charge in [-0.3, -0.25) is 4.79 Å². The van der Waals surface area contributed by atoms with Gasteiger partial charge in [0, 0.05) is 5.56 Å². The lowest BCUT2D eigenvalue weighted by molar-refractivity contribution is -0.138. The van der Waals surface area contributed by atoms with Gasteiger partial charge in [-0.2, -0.15) is 18.3 Å². The number of cyclic esters (lactones) is 1. The van der Waals surface area contributed by atoms with Gasteiger partial charge in [0.2, 0.25) is 5.91 Å². The molecule has 22 heavy (non-hydrogen) atoms. The first kappa shape index (κ1) is 15.8. The molecule has 118 valence electrons. The SMILES string of the molecule is NC(=O)C(N)c1ccc(C2=NNC(=O)OC2)cc1C(F)(F)F.